The quantitative estimate of drug-likeness (QED) is 0.246. The standard InChI is InChI=1S/C20H30O8S/c1-2-3-4-5-6-8-13-17(15-27-16-11-9-7-10-12-16)28-20(23)18(14-19(21)22)29(24,25)26/h7,9-12,17-18H,2-6,8,13-15H2,1H3,(H,21,22)(H,24,25,26). The van der Waals surface area contributed by atoms with Crippen molar-refractivity contribution in [3.63, 3.8) is 0 Å². The molecule has 0 heterocycles. The number of carbonyl (C=O) groups excluding carboxylic acids is 1. The zero-order valence-corrected chi connectivity index (χ0v) is 17.5. The molecule has 8 nitrogen and oxygen atoms in total. The normalized spacial score (nSPS) is 13.4. The van der Waals surface area contributed by atoms with Gasteiger partial charge in [0, 0.05) is 0 Å². The van der Waals surface area contributed by atoms with Gasteiger partial charge in [0.1, 0.15) is 18.5 Å². The molecule has 2 atom stereocenters. The summed E-state index contributed by atoms with van der Waals surface area (Å²) in [6, 6.07) is 8.85. The monoisotopic (exact) mass is 430 g/mol. The third kappa shape index (κ3) is 10.8. The van der Waals surface area contributed by atoms with Crippen LogP contribution in [0.15, 0.2) is 30.3 Å². The molecule has 164 valence electrons. The summed E-state index contributed by atoms with van der Waals surface area (Å²) in [5.41, 5.74) is 0. The number of hydrogen-bond donors (Lipinski definition) is 2. The van der Waals surface area contributed by atoms with Crippen LogP contribution < -0.4 is 4.74 Å². The van der Waals surface area contributed by atoms with Crippen LogP contribution in [0.5, 0.6) is 5.75 Å². The van der Waals surface area contributed by atoms with Gasteiger partial charge in [-0.3, -0.25) is 14.1 Å². The highest BCUT2D eigenvalue weighted by Gasteiger charge is 2.36. The van der Waals surface area contributed by atoms with Crippen molar-refractivity contribution in [3.05, 3.63) is 30.3 Å². The lowest BCUT2D eigenvalue weighted by Crippen LogP contribution is -2.37. The van der Waals surface area contributed by atoms with E-state index >= 15 is 0 Å². The average molecular weight is 431 g/mol. The zero-order valence-electron chi connectivity index (χ0n) is 16.7. The van der Waals surface area contributed by atoms with Crippen LogP contribution in [0.25, 0.3) is 0 Å². The van der Waals surface area contributed by atoms with Gasteiger partial charge in [-0.25, -0.2) is 0 Å². The van der Waals surface area contributed by atoms with Crippen LogP contribution >= 0.6 is 0 Å². The lowest BCUT2D eigenvalue weighted by molar-refractivity contribution is -0.153. The van der Waals surface area contributed by atoms with E-state index in [2.05, 4.69) is 6.92 Å². The Morgan fingerprint density at radius 3 is 2.24 bits per heavy atom. The SMILES string of the molecule is CCCCCCCCC(COc1ccccc1)OC(=O)C(CC(=O)O)S(=O)(=O)O. The fraction of sp³-hybridized carbons (Fsp3) is 0.600. The highest BCUT2D eigenvalue weighted by Crippen LogP contribution is 2.16. The van der Waals surface area contributed by atoms with Crippen molar-refractivity contribution in [3.8, 4) is 5.75 Å². The van der Waals surface area contributed by atoms with Crippen LogP contribution in [0.3, 0.4) is 0 Å². The molecule has 1 rings (SSSR count). The van der Waals surface area contributed by atoms with E-state index in [4.69, 9.17) is 14.6 Å². The Balaban J connectivity index is 2.71. The Kier molecular flexibility index (Phi) is 11.3. The maximum Gasteiger partial charge on any atom is 0.327 e. The van der Waals surface area contributed by atoms with E-state index in [1.807, 2.05) is 6.07 Å². The smallest absolute Gasteiger partial charge is 0.327 e. The molecule has 0 aliphatic carbocycles. The molecular weight excluding hydrogens is 400 g/mol. The number of rotatable bonds is 15. The molecular formula is C20H30O8S. The second kappa shape index (κ2) is 13.2. The number of carboxylic acids is 1. The first-order valence-corrected chi connectivity index (χ1v) is 11.3. The summed E-state index contributed by atoms with van der Waals surface area (Å²) in [6.45, 7) is 2.12. The Hall–Kier alpha value is -2.13. The highest BCUT2D eigenvalue weighted by atomic mass is 32.2. The van der Waals surface area contributed by atoms with Crippen molar-refractivity contribution in [2.75, 3.05) is 6.61 Å². The minimum Gasteiger partial charge on any atom is -0.490 e. The van der Waals surface area contributed by atoms with E-state index in [0.717, 1.165) is 38.5 Å². The van der Waals surface area contributed by atoms with Crippen LogP contribution in [0.1, 0.15) is 58.3 Å². The zero-order chi connectivity index (χ0) is 21.7. The van der Waals surface area contributed by atoms with Gasteiger partial charge in [-0.05, 0) is 25.0 Å². The highest BCUT2D eigenvalue weighted by molar-refractivity contribution is 7.87. The third-order valence-corrected chi connectivity index (χ3v) is 5.40. The summed E-state index contributed by atoms with van der Waals surface area (Å²) in [5, 5.41) is 6.66. The molecule has 1 aromatic rings. The van der Waals surface area contributed by atoms with Gasteiger partial charge in [-0.1, -0.05) is 57.2 Å². The first-order chi connectivity index (χ1) is 13.7. The van der Waals surface area contributed by atoms with Crippen LogP contribution in [0.2, 0.25) is 0 Å². The number of benzene rings is 1. The Morgan fingerprint density at radius 2 is 1.66 bits per heavy atom. The van der Waals surface area contributed by atoms with Crippen molar-refractivity contribution in [2.24, 2.45) is 0 Å². The van der Waals surface area contributed by atoms with Gasteiger partial charge >= 0.3 is 11.9 Å². The molecule has 29 heavy (non-hydrogen) atoms. The van der Waals surface area contributed by atoms with Gasteiger partial charge in [0.05, 0.1) is 6.42 Å². The Labute approximate surface area is 172 Å². The van der Waals surface area contributed by atoms with Crippen LogP contribution in [-0.4, -0.2) is 48.0 Å². The number of esters is 1. The molecule has 0 amide bonds. The van der Waals surface area contributed by atoms with E-state index in [0.29, 0.717) is 12.2 Å². The first kappa shape index (κ1) is 24.9. The summed E-state index contributed by atoms with van der Waals surface area (Å²) < 4.78 is 42.8. The predicted molar refractivity (Wildman–Crippen MR) is 107 cm³/mol. The van der Waals surface area contributed by atoms with E-state index < -0.39 is 39.8 Å². The molecule has 0 fully saturated rings. The molecule has 0 aliphatic rings. The van der Waals surface area contributed by atoms with Gasteiger partial charge in [-0.2, -0.15) is 8.42 Å². The number of carbonyl (C=O) groups is 2. The van der Waals surface area contributed by atoms with Crippen molar-refractivity contribution >= 4 is 22.1 Å². The van der Waals surface area contributed by atoms with E-state index in [-0.39, 0.29) is 6.61 Å². The van der Waals surface area contributed by atoms with E-state index in [1.54, 1.807) is 24.3 Å². The minimum atomic E-state index is -4.90. The molecule has 0 aromatic heterocycles. The van der Waals surface area contributed by atoms with Gasteiger partial charge < -0.3 is 14.6 Å². The Morgan fingerprint density at radius 1 is 1.03 bits per heavy atom. The van der Waals surface area contributed by atoms with Crippen LogP contribution in [0.4, 0.5) is 0 Å². The molecule has 2 unspecified atom stereocenters. The summed E-state index contributed by atoms with van der Waals surface area (Å²) in [4.78, 5) is 23.1. The second-order valence-corrected chi connectivity index (χ2v) is 8.44. The molecule has 0 radical (unpaired) electrons. The van der Waals surface area contributed by atoms with Crippen molar-refractivity contribution in [1.29, 1.82) is 0 Å². The van der Waals surface area contributed by atoms with Crippen molar-refractivity contribution < 1.29 is 37.1 Å². The maximum atomic E-state index is 12.2. The molecule has 0 aliphatic heterocycles. The summed E-state index contributed by atoms with van der Waals surface area (Å²) >= 11 is 0. The molecule has 1 aromatic carbocycles. The lowest BCUT2D eigenvalue weighted by Gasteiger charge is -2.21. The van der Waals surface area contributed by atoms with Gasteiger partial charge in [0.2, 0.25) is 0 Å². The predicted octanol–water partition coefficient (Wildman–Crippen LogP) is 3.46. The largest absolute Gasteiger partial charge is 0.490 e. The molecule has 0 spiro atoms. The molecule has 0 bridgehead atoms. The van der Waals surface area contributed by atoms with Gasteiger partial charge in [0.15, 0.2) is 5.25 Å². The minimum absolute atomic E-state index is 0.00399. The van der Waals surface area contributed by atoms with Crippen molar-refractivity contribution in [2.45, 2.75) is 69.6 Å². The number of ether oxygens (including phenoxy) is 2. The Bertz CT molecular complexity index is 717. The fourth-order valence-corrected chi connectivity index (χ4v) is 3.40. The number of unbranched alkanes of at least 4 members (excludes halogenated alkanes) is 5. The number of carboxylic acid groups (broad SMARTS) is 1. The van der Waals surface area contributed by atoms with E-state index in [1.165, 1.54) is 0 Å². The lowest BCUT2D eigenvalue weighted by atomic mass is 10.1. The fourth-order valence-electron chi connectivity index (χ4n) is 2.74. The van der Waals surface area contributed by atoms with Crippen LogP contribution in [-0.2, 0) is 24.4 Å². The van der Waals surface area contributed by atoms with Crippen molar-refractivity contribution in [1.82, 2.24) is 0 Å². The summed E-state index contributed by atoms with van der Waals surface area (Å²) in [6.07, 6.45) is 4.73. The second-order valence-electron chi connectivity index (χ2n) is 6.84. The summed E-state index contributed by atoms with van der Waals surface area (Å²) in [5.74, 6) is -2.26. The molecule has 0 saturated heterocycles. The molecule has 2 N–H and O–H groups in total. The number of para-hydroxylation sites is 1. The third-order valence-electron chi connectivity index (χ3n) is 4.32. The average Bonchev–Trinajstić information content (AvgIpc) is 2.66. The van der Waals surface area contributed by atoms with Gasteiger partial charge in [-0.15, -0.1) is 0 Å². The summed E-state index contributed by atoms with van der Waals surface area (Å²) in [7, 11) is -4.90. The van der Waals surface area contributed by atoms with Gasteiger partial charge in [0.25, 0.3) is 10.1 Å². The molecule has 9 heteroatoms. The topological polar surface area (TPSA) is 127 Å². The first-order valence-electron chi connectivity index (χ1n) is 9.80. The van der Waals surface area contributed by atoms with Crippen LogP contribution in [0, 0.1) is 0 Å². The molecule has 0 saturated carbocycles. The number of aliphatic carboxylic acids is 1. The number of hydrogen-bond acceptors (Lipinski definition) is 6. The van der Waals surface area contributed by atoms with E-state index in [9.17, 15) is 22.6 Å². The maximum absolute atomic E-state index is 12.2.